The highest BCUT2D eigenvalue weighted by molar-refractivity contribution is 14.0. The van der Waals surface area contributed by atoms with E-state index in [0.717, 1.165) is 23.2 Å². The van der Waals surface area contributed by atoms with Crippen molar-refractivity contribution < 1.29 is 0 Å². The lowest BCUT2D eigenvalue weighted by Crippen LogP contribution is -2.38. The Morgan fingerprint density at radius 3 is 2.76 bits per heavy atom. The molecule has 1 aliphatic carbocycles. The van der Waals surface area contributed by atoms with Crippen LogP contribution in [0.15, 0.2) is 34.6 Å². The van der Waals surface area contributed by atoms with E-state index in [2.05, 4.69) is 57.2 Å². The zero-order valence-electron chi connectivity index (χ0n) is 15.1. The van der Waals surface area contributed by atoms with Gasteiger partial charge in [-0.1, -0.05) is 24.3 Å². The summed E-state index contributed by atoms with van der Waals surface area (Å²) in [5, 5.41) is 9.99. The molecule has 2 atom stereocenters. The van der Waals surface area contributed by atoms with Gasteiger partial charge in [-0.3, -0.25) is 4.99 Å². The third-order valence-electron chi connectivity index (χ3n) is 4.28. The predicted octanol–water partition coefficient (Wildman–Crippen LogP) is 3.36. The lowest BCUT2D eigenvalue weighted by molar-refractivity contribution is 0.780. The van der Waals surface area contributed by atoms with Gasteiger partial charge < -0.3 is 15.5 Å². The van der Waals surface area contributed by atoms with Gasteiger partial charge in [0, 0.05) is 38.5 Å². The molecule has 1 aromatic carbocycles. The molecule has 5 nitrogen and oxygen atoms in total. The van der Waals surface area contributed by atoms with Crippen LogP contribution >= 0.6 is 35.3 Å². The predicted molar refractivity (Wildman–Crippen MR) is 118 cm³/mol. The molecule has 2 aromatic rings. The van der Waals surface area contributed by atoms with Gasteiger partial charge in [-0.2, -0.15) is 0 Å². The number of nitrogens with zero attached hydrogens (tertiary/aromatic N) is 3. The number of aromatic nitrogens is 1. The highest BCUT2D eigenvalue weighted by Gasteiger charge is 2.39. The summed E-state index contributed by atoms with van der Waals surface area (Å²) in [5.41, 5.74) is 3.85. The van der Waals surface area contributed by atoms with E-state index in [4.69, 9.17) is 0 Å². The minimum Gasteiger partial charge on any atom is -0.354 e. The molecule has 0 spiro atoms. The Balaban J connectivity index is 0.00000225. The van der Waals surface area contributed by atoms with Gasteiger partial charge in [-0.25, -0.2) is 4.98 Å². The first-order chi connectivity index (χ1) is 11.6. The largest absolute Gasteiger partial charge is 0.354 e. The van der Waals surface area contributed by atoms with Gasteiger partial charge >= 0.3 is 0 Å². The van der Waals surface area contributed by atoms with Gasteiger partial charge in [-0.05, 0) is 24.5 Å². The number of thiazole rings is 1. The summed E-state index contributed by atoms with van der Waals surface area (Å²) in [6.07, 6.45) is 1.16. The van der Waals surface area contributed by atoms with Crippen molar-refractivity contribution in [3.8, 4) is 0 Å². The van der Waals surface area contributed by atoms with Gasteiger partial charge in [0.25, 0.3) is 0 Å². The number of anilines is 1. The van der Waals surface area contributed by atoms with Gasteiger partial charge in [-0.15, -0.1) is 35.3 Å². The van der Waals surface area contributed by atoms with Crippen LogP contribution in [0.25, 0.3) is 0 Å². The number of halogens is 1. The van der Waals surface area contributed by atoms with Gasteiger partial charge in [0.05, 0.1) is 12.2 Å². The smallest absolute Gasteiger partial charge is 0.191 e. The van der Waals surface area contributed by atoms with E-state index in [9.17, 15) is 0 Å². The first kappa shape index (κ1) is 20.0. The van der Waals surface area contributed by atoms with Crippen molar-refractivity contribution in [3.63, 3.8) is 0 Å². The average molecular weight is 471 g/mol. The molecule has 0 saturated heterocycles. The highest BCUT2D eigenvalue weighted by atomic mass is 127. The Bertz CT molecular complexity index is 728. The lowest BCUT2D eigenvalue weighted by Gasteiger charge is -2.12. The number of hydrogen-bond donors (Lipinski definition) is 2. The van der Waals surface area contributed by atoms with Gasteiger partial charge in [0.15, 0.2) is 11.1 Å². The Hall–Kier alpha value is -1.35. The van der Waals surface area contributed by atoms with Crippen molar-refractivity contribution in [1.82, 2.24) is 15.6 Å². The van der Waals surface area contributed by atoms with E-state index in [1.54, 1.807) is 11.3 Å². The van der Waals surface area contributed by atoms with E-state index >= 15 is 0 Å². The van der Waals surface area contributed by atoms with Crippen LogP contribution in [-0.4, -0.2) is 38.1 Å². The van der Waals surface area contributed by atoms with E-state index in [1.807, 2.05) is 26.0 Å². The molecule has 2 N–H and O–H groups in total. The fraction of sp³-hybridized carbons (Fsp3) is 0.444. The van der Waals surface area contributed by atoms with Crippen LogP contribution in [0.2, 0.25) is 0 Å². The molecule has 3 rings (SSSR count). The molecule has 0 amide bonds. The number of nitrogens with one attached hydrogen (secondary N) is 2. The zero-order valence-corrected chi connectivity index (χ0v) is 18.3. The van der Waals surface area contributed by atoms with Crippen molar-refractivity contribution in [2.45, 2.75) is 31.8 Å². The normalized spacial score (nSPS) is 19.1. The molecule has 7 heteroatoms. The van der Waals surface area contributed by atoms with Crippen molar-refractivity contribution in [3.05, 3.63) is 46.5 Å². The number of rotatable bonds is 5. The molecule has 136 valence electrons. The number of benzene rings is 1. The van der Waals surface area contributed by atoms with E-state index in [1.165, 1.54) is 11.1 Å². The lowest BCUT2D eigenvalue weighted by atomic mass is 10.0. The maximum Gasteiger partial charge on any atom is 0.191 e. The fourth-order valence-electron chi connectivity index (χ4n) is 2.83. The first-order valence-electron chi connectivity index (χ1n) is 8.23. The number of aryl methyl sites for hydroxylation is 1. The molecule has 1 saturated carbocycles. The summed E-state index contributed by atoms with van der Waals surface area (Å²) < 4.78 is 0. The van der Waals surface area contributed by atoms with Crippen LogP contribution in [0.3, 0.4) is 0 Å². The zero-order chi connectivity index (χ0) is 17.1. The molecule has 0 bridgehead atoms. The van der Waals surface area contributed by atoms with Crippen molar-refractivity contribution in [1.29, 1.82) is 0 Å². The van der Waals surface area contributed by atoms with Crippen molar-refractivity contribution >= 4 is 46.4 Å². The first-order valence-corrected chi connectivity index (χ1v) is 9.11. The van der Waals surface area contributed by atoms with E-state index in [-0.39, 0.29) is 24.0 Å². The third-order valence-corrected chi connectivity index (χ3v) is 5.34. The molecule has 1 aromatic heterocycles. The fourth-order valence-corrected chi connectivity index (χ4v) is 3.59. The van der Waals surface area contributed by atoms with Crippen LogP contribution in [0.5, 0.6) is 0 Å². The minimum absolute atomic E-state index is 0. The molecule has 2 unspecified atom stereocenters. The van der Waals surface area contributed by atoms with Crippen LogP contribution in [0.1, 0.15) is 29.2 Å². The highest BCUT2D eigenvalue weighted by Crippen LogP contribution is 2.42. The molecular formula is C18H26IN5S. The molecule has 1 heterocycles. The second-order valence-corrected chi connectivity index (χ2v) is 7.23. The van der Waals surface area contributed by atoms with E-state index in [0.29, 0.717) is 18.5 Å². The quantitative estimate of drug-likeness (QED) is 0.399. The third kappa shape index (κ3) is 5.07. The van der Waals surface area contributed by atoms with Gasteiger partial charge in [0.1, 0.15) is 0 Å². The Kier molecular flexibility index (Phi) is 7.06. The molecule has 0 radical (unpaired) electrons. The molecule has 1 fully saturated rings. The molecule has 1 aliphatic rings. The van der Waals surface area contributed by atoms with Crippen LogP contribution in [0.4, 0.5) is 5.13 Å². The molecular weight excluding hydrogens is 445 g/mol. The molecule has 0 aliphatic heterocycles. The standard InChI is InChI=1S/C18H25N5S.HI/c1-12-7-5-6-8-14(12)15-9-16(15)22-17(19-2)20-10-13-11-24-18(21-13)23(3)4;/h5-8,11,15-16H,9-10H2,1-4H3,(H2,19,20,22);1H. The van der Waals surface area contributed by atoms with Gasteiger partial charge in [0.2, 0.25) is 0 Å². The maximum absolute atomic E-state index is 4.58. The second kappa shape index (κ2) is 8.84. The summed E-state index contributed by atoms with van der Waals surface area (Å²) in [7, 11) is 5.83. The Morgan fingerprint density at radius 1 is 1.36 bits per heavy atom. The Morgan fingerprint density at radius 2 is 2.12 bits per heavy atom. The van der Waals surface area contributed by atoms with Crippen molar-refractivity contribution in [2.75, 3.05) is 26.0 Å². The summed E-state index contributed by atoms with van der Waals surface area (Å²) in [6, 6.07) is 9.10. The number of aliphatic imine (C=N–C) groups is 1. The summed E-state index contributed by atoms with van der Waals surface area (Å²) in [5.74, 6) is 1.43. The summed E-state index contributed by atoms with van der Waals surface area (Å²) in [4.78, 5) is 10.9. The monoisotopic (exact) mass is 471 g/mol. The number of guanidine groups is 1. The second-order valence-electron chi connectivity index (χ2n) is 6.39. The SMILES string of the molecule is CN=C(NCc1csc(N(C)C)n1)NC1CC1c1ccccc1C.I. The average Bonchev–Trinajstić information content (AvgIpc) is 3.15. The van der Waals surface area contributed by atoms with Crippen LogP contribution in [0, 0.1) is 6.92 Å². The van der Waals surface area contributed by atoms with Crippen molar-refractivity contribution in [2.24, 2.45) is 4.99 Å². The van der Waals surface area contributed by atoms with Crippen LogP contribution < -0.4 is 15.5 Å². The minimum atomic E-state index is 0. The van der Waals surface area contributed by atoms with E-state index < -0.39 is 0 Å². The number of hydrogen-bond acceptors (Lipinski definition) is 4. The topological polar surface area (TPSA) is 52.6 Å². The molecule has 25 heavy (non-hydrogen) atoms. The van der Waals surface area contributed by atoms with Crippen LogP contribution in [-0.2, 0) is 6.54 Å². The summed E-state index contributed by atoms with van der Waals surface area (Å²) >= 11 is 1.66. The summed E-state index contributed by atoms with van der Waals surface area (Å²) in [6.45, 7) is 2.87. The maximum atomic E-state index is 4.58. The Labute approximate surface area is 171 Å².